The predicted molar refractivity (Wildman–Crippen MR) is 89.5 cm³/mol. The fourth-order valence-electron chi connectivity index (χ4n) is 2.48. The summed E-state index contributed by atoms with van der Waals surface area (Å²) >= 11 is 0. The molecule has 1 aromatic carbocycles. The number of aromatic nitrogens is 2. The largest absolute Gasteiger partial charge is 0.477 e. The molecular formula is C18H24N2O3. The van der Waals surface area contributed by atoms with Gasteiger partial charge < -0.3 is 9.84 Å². The average molecular weight is 316 g/mol. The van der Waals surface area contributed by atoms with E-state index in [1.807, 2.05) is 53.7 Å². The van der Waals surface area contributed by atoms with E-state index in [0.29, 0.717) is 5.75 Å². The van der Waals surface area contributed by atoms with Crippen LogP contribution in [0.3, 0.4) is 0 Å². The molecule has 0 bridgehead atoms. The van der Waals surface area contributed by atoms with Crippen LogP contribution in [0.1, 0.15) is 54.2 Å². The van der Waals surface area contributed by atoms with Gasteiger partial charge in [-0.2, -0.15) is 0 Å². The maximum Gasteiger partial charge on any atom is 0.342 e. The third kappa shape index (κ3) is 3.38. The topological polar surface area (TPSA) is 64.4 Å². The average Bonchev–Trinajstić information content (AvgIpc) is 2.87. The maximum absolute atomic E-state index is 11.5. The molecule has 1 heterocycles. The Morgan fingerprint density at radius 1 is 1.26 bits per heavy atom. The number of hydrogen-bond donors (Lipinski definition) is 1. The molecule has 2 aromatic rings. The van der Waals surface area contributed by atoms with Crippen LogP contribution in [0.25, 0.3) is 0 Å². The summed E-state index contributed by atoms with van der Waals surface area (Å²) in [7, 11) is 0. The Morgan fingerprint density at radius 2 is 1.83 bits per heavy atom. The number of aryl methyl sites for hydroxylation is 3. The van der Waals surface area contributed by atoms with E-state index >= 15 is 0 Å². The van der Waals surface area contributed by atoms with Gasteiger partial charge in [-0.25, -0.2) is 4.79 Å². The van der Waals surface area contributed by atoms with E-state index in [9.17, 15) is 9.90 Å². The number of carboxylic acid groups (broad SMARTS) is 1. The molecule has 0 saturated heterocycles. The lowest BCUT2D eigenvalue weighted by Gasteiger charge is -2.23. The zero-order chi connectivity index (χ0) is 17.4. The Bertz CT molecular complexity index is 722. The number of nitrogens with zero attached hydrogens (tertiary/aromatic N) is 2. The molecule has 0 aliphatic carbocycles. The Morgan fingerprint density at radius 3 is 2.30 bits per heavy atom. The molecule has 0 amide bonds. The molecule has 0 spiro atoms. The first-order chi connectivity index (χ1) is 10.7. The molecule has 23 heavy (non-hydrogen) atoms. The molecule has 0 atom stereocenters. The summed E-state index contributed by atoms with van der Waals surface area (Å²) in [4.78, 5) is 11.5. The standard InChI is InChI=1S/C18H24N2O3/c1-7-18(5,6)20-10-14(17(21)22)16(19-20)23-15-12(3)8-11(2)9-13(15)4/h8-10H,7H2,1-6H3,(H,21,22). The molecular weight excluding hydrogens is 292 g/mol. The summed E-state index contributed by atoms with van der Waals surface area (Å²) < 4.78 is 7.57. The zero-order valence-corrected chi connectivity index (χ0v) is 14.6. The minimum absolute atomic E-state index is 0.0749. The number of carboxylic acids is 1. The summed E-state index contributed by atoms with van der Waals surface area (Å²) in [6.07, 6.45) is 2.37. The molecule has 5 nitrogen and oxygen atoms in total. The highest BCUT2D eigenvalue weighted by atomic mass is 16.5. The lowest BCUT2D eigenvalue weighted by Crippen LogP contribution is -2.25. The van der Waals surface area contributed by atoms with Crippen LogP contribution in [-0.4, -0.2) is 20.9 Å². The monoisotopic (exact) mass is 316 g/mol. The van der Waals surface area contributed by atoms with Gasteiger partial charge in [-0.15, -0.1) is 5.10 Å². The van der Waals surface area contributed by atoms with Crippen LogP contribution in [-0.2, 0) is 5.54 Å². The summed E-state index contributed by atoms with van der Waals surface area (Å²) in [6, 6.07) is 4.02. The SMILES string of the molecule is CCC(C)(C)n1cc(C(=O)O)c(Oc2c(C)cc(C)cc2C)n1. The van der Waals surface area contributed by atoms with Crippen molar-refractivity contribution in [1.82, 2.24) is 9.78 Å². The quantitative estimate of drug-likeness (QED) is 0.885. The van der Waals surface area contributed by atoms with Crippen LogP contribution >= 0.6 is 0 Å². The van der Waals surface area contributed by atoms with Gasteiger partial charge in [0, 0.05) is 6.20 Å². The van der Waals surface area contributed by atoms with Crippen molar-refractivity contribution in [3.63, 3.8) is 0 Å². The van der Waals surface area contributed by atoms with Gasteiger partial charge in [-0.05, 0) is 52.2 Å². The van der Waals surface area contributed by atoms with Gasteiger partial charge in [-0.1, -0.05) is 24.6 Å². The van der Waals surface area contributed by atoms with Crippen molar-refractivity contribution < 1.29 is 14.6 Å². The smallest absolute Gasteiger partial charge is 0.342 e. The summed E-state index contributed by atoms with van der Waals surface area (Å²) in [6.45, 7) is 12.0. The lowest BCUT2D eigenvalue weighted by atomic mass is 10.0. The Kier molecular flexibility index (Phi) is 4.50. The van der Waals surface area contributed by atoms with Gasteiger partial charge >= 0.3 is 5.97 Å². The molecule has 1 aromatic heterocycles. The molecule has 0 fully saturated rings. The van der Waals surface area contributed by atoms with Gasteiger partial charge in [0.2, 0.25) is 0 Å². The van der Waals surface area contributed by atoms with E-state index in [4.69, 9.17) is 4.74 Å². The summed E-state index contributed by atoms with van der Waals surface area (Å²) in [5.74, 6) is -0.243. The van der Waals surface area contributed by atoms with Crippen LogP contribution in [0.2, 0.25) is 0 Å². The van der Waals surface area contributed by atoms with Crippen LogP contribution in [0.5, 0.6) is 11.6 Å². The second kappa shape index (κ2) is 6.07. The Hall–Kier alpha value is -2.30. The normalized spacial score (nSPS) is 11.6. The van der Waals surface area contributed by atoms with Gasteiger partial charge in [0.1, 0.15) is 11.3 Å². The van der Waals surface area contributed by atoms with Gasteiger partial charge in [0.25, 0.3) is 5.88 Å². The molecule has 0 aliphatic heterocycles. The molecule has 0 saturated carbocycles. The zero-order valence-electron chi connectivity index (χ0n) is 14.6. The number of carbonyl (C=O) groups is 1. The molecule has 0 radical (unpaired) electrons. The number of aromatic carboxylic acids is 1. The fraction of sp³-hybridized carbons (Fsp3) is 0.444. The molecule has 2 rings (SSSR count). The number of hydrogen-bond acceptors (Lipinski definition) is 3. The number of rotatable bonds is 5. The number of benzene rings is 1. The lowest BCUT2D eigenvalue weighted by molar-refractivity contribution is 0.0694. The van der Waals surface area contributed by atoms with E-state index in [1.165, 1.54) is 0 Å². The highest BCUT2D eigenvalue weighted by molar-refractivity contribution is 5.90. The molecule has 1 N–H and O–H groups in total. The molecule has 124 valence electrons. The van der Waals surface area contributed by atoms with Crippen molar-refractivity contribution in [2.75, 3.05) is 0 Å². The molecule has 0 unspecified atom stereocenters. The highest BCUT2D eigenvalue weighted by Gasteiger charge is 2.25. The summed E-state index contributed by atoms with van der Waals surface area (Å²) in [5.41, 5.74) is 2.86. The Labute approximate surface area is 136 Å². The van der Waals surface area contributed by atoms with Gasteiger partial charge in [0.05, 0.1) is 5.54 Å². The van der Waals surface area contributed by atoms with Gasteiger partial charge in [-0.3, -0.25) is 4.68 Å². The van der Waals surface area contributed by atoms with E-state index in [-0.39, 0.29) is 17.0 Å². The fourth-order valence-corrected chi connectivity index (χ4v) is 2.48. The summed E-state index contributed by atoms with van der Waals surface area (Å²) in [5, 5.41) is 13.8. The van der Waals surface area contributed by atoms with E-state index in [0.717, 1.165) is 23.1 Å². The van der Waals surface area contributed by atoms with E-state index < -0.39 is 5.97 Å². The predicted octanol–water partition coefficient (Wildman–Crippen LogP) is 4.44. The Balaban J connectivity index is 2.50. The maximum atomic E-state index is 11.5. The van der Waals surface area contributed by atoms with Crippen molar-refractivity contribution >= 4 is 5.97 Å². The minimum Gasteiger partial charge on any atom is -0.477 e. The minimum atomic E-state index is -1.04. The van der Waals surface area contributed by atoms with E-state index in [1.54, 1.807) is 10.9 Å². The third-order valence-corrected chi connectivity index (χ3v) is 4.20. The van der Waals surface area contributed by atoms with Crippen LogP contribution in [0, 0.1) is 20.8 Å². The van der Waals surface area contributed by atoms with Gasteiger partial charge in [0.15, 0.2) is 0 Å². The van der Waals surface area contributed by atoms with Crippen LogP contribution < -0.4 is 4.74 Å². The van der Waals surface area contributed by atoms with Crippen molar-refractivity contribution in [1.29, 1.82) is 0 Å². The molecule has 5 heteroatoms. The first-order valence-electron chi connectivity index (χ1n) is 7.75. The van der Waals surface area contributed by atoms with Crippen molar-refractivity contribution in [2.24, 2.45) is 0 Å². The molecule has 0 aliphatic rings. The highest BCUT2D eigenvalue weighted by Crippen LogP contribution is 2.32. The van der Waals surface area contributed by atoms with Crippen molar-refractivity contribution in [3.8, 4) is 11.6 Å². The van der Waals surface area contributed by atoms with Crippen molar-refractivity contribution in [2.45, 2.75) is 53.5 Å². The van der Waals surface area contributed by atoms with Crippen molar-refractivity contribution in [3.05, 3.63) is 40.6 Å². The van der Waals surface area contributed by atoms with Crippen LogP contribution in [0.4, 0.5) is 0 Å². The van der Waals surface area contributed by atoms with Crippen LogP contribution in [0.15, 0.2) is 18.3 Å². The second-order valence-corrected chi connectivity index (χ2v) is 6.59. The number of ether oxygens (including phenoxy) is 1. The van der Waals surface area contributed by atoms with E-state index in [2.05, 4.69) is 5.10 Å². The first-order valence-corrected chi connectivity index (χ1v) is 7.75. The first kappa shape index (κ1) is 17.1. The second-order valence-electron chi connectivity index (χ2n) is 6.59. The third-order valence-electron chi connectivity index (χ3n) is 4.20.